The maximum Gasteiger partial charge on any atom is 0.307 e. The second-order valence-corrected chi connectivity index (χ2v) is 9.51. The van der Waals surface area contributed by atoms with Crippen molar-refractivity contribution in [2.45, 2.75) is 32.6 Å². The fourth-order valence-corrected chi connectivity index (χ4v) is 4.94. The minimum absolute atomic E-state index is 0.325. The molecule has 1 aliphatic heterocycles. The summed E-state index contributed by atoms with van der Waals surface area (Å²) in [6, 6.07) is 10.5. The zero-order valence-electron chi connectivity index (χ0n) is 19.7. The zero-order valence-corrected chi connectivity index (χ0v) is 20.4. The Kier molecular flexibility index (Phi) is 7.93. The number of amides is 2. The SMILES string of the molecule is Cc1ccc(Cl)cc1NC(=O)c1cc(NC(=O)[C@@H]2CCCC[C@H]2C(=O)O)ccc1N1CCOCC1. The van der Waals surface area contributed by atoms with Crippen molar-refractivity contribution in [1.82, 2.24) is 0 Å². The van der Waals surface area contributed by atoms with Crippen LogP contribution in [0.5, 0.6) is 0 Å². The van der Waals surface area contributed by atoms with E-state index in [2.05, 4.69) is 15.5 Å². The molecule has 0 unspecified atom stereocenters. The standard InChI is InChI=1S/C26H30ClN3O5/c1-16-6-7-17(27)14-22(16)29-25(32)21-15-18(8-9-23(21)30-10-12-35-13-11-30)28-24(31)19-4-2-3-5-20(19)26(33)34/h6-9,14-15,19-20H,2-5,10-13H2,1H3,(H,28,31)(H,29,32)(H,33,34)/t19-,20-/m1/s1. The van der Waals surface area contributed by atoms with Crippen LogP contribution < -0.4 is 15.5 Å². The summed E-state index contributed by atoms with van der Waals surface area (Å²) in [6.45, 7) is 4.29. The third-order valence-electron chi connectivity index (χ3n) is 6.73. The molecule has 2 amide bonds. The first-order chi connectivity index (χ1) is 16.8. The first kappa shape index (κ1) is 25.0. The van der Waals surface area contributed by atoms with Gasteiger partial charge < -0.3 is 25.4 Å². The Balaban J connectivity index is 1.61. The van der Waals surface area contributed by atoms with E-state index in [-0.39, 0.29) is 11.8 Å². The lowest BCUT2D eigenvalue weighted by molar-refractivity contribution is -0.147. The van der Waals surface area contributed by atoms with Crippen LogP contribution in [0.25, 0.3) is 0 Å². The van der Waals surface area contributed by atoms with Gasteiger partial charge in [0.1, 0.15) is 0 Å². The van der Waals surface area contributed by atoms with Gasteiger partial charge in [0.15, 0.2) is 0 Å². The van der Waals surface area contributed by atoms with E-state index < -0.39 is 17.8 Å². The van der Waals surface area contributed by atoms with Gasteiger partial charge in [-0.05, 0) is 55.7 Å². The molecule has 4 rings (SSSR count). The van der Waals surface area contributed by atoms with Crippen LogP contribution in [0, 0.1) is 18.8 Å². The summed E-state index contributed by atoms with van der Waals surface area (Å²) in [5.74, 6) is -2.87. The van der Waals surface area contributed by atoms with Gasteiger partial charge in [0.25, 0.3) is 5.91 Å². The van der Waals surface area contributed by atoms with Crippen LogP contribution in [-0.4, -0.2) is 49.2 Å². The number of morpholine rings is 1. The molecule has 9 heteroatoms. The van der Waals surface area contributed by atoms with Gasteiger partial charge in [0, 0.05) is 35.2 Å². The average molecular weight is 500 g/mol. The summed E-state index contributed by atoms with van der Waals surface area (Å²) in [4.78, 5) is 40.2. The molecule has 1 aliphatic carbocycles. The number of rotatable bonds is 6. The summed E-state index contributed by atoms with van der Waals surface area (Å²) in [7, 11) is 0. The van der Waals surface area contributed by atoms with Gasteiger partial charge in [-0.3, -0.25) is 14.4 Å². The van der Waals surface area contributed by atoms with Crippen molar-refractivity contribution in [3.8, 4) is 0 Å². The van der Waals surface area contributed by atoms with E-state index in [0.717, 1.165) is 24.1 Å². The first-order valence-electron chi connectivity index (χ1n) is 11.9. The Morgan fingerprint density at radius 1 is 1.00 bits per heavy atom. The van der Waals surface area contributed by atoms with Crippen LogP contribution in [0.15, 0.2) is 36.4 Å². The van der Waals surface area contributed by atoms with Crippen LogP contribution in [0.4, 0.5) is 17.1 Å². The molecule has 0 aromatic heterocycles. The number of halogens is 1. The van der Waals surface area contributed by atoms with Crippen LogP contribution in [0.1, 0.15) is 41.6 Å². The lowest BCUT2D eigenvalue weighted by atomic mass is 9.78. The molecule has 0 bridgehead atoms. The van der Waals surface area contributed by atoms with E-state index in [1.165, 1.54) is 0 Å². The van der Waals surface area contributed by atoms with Gasteiger partial charge in [0.2, 0.25) is 5.91 Å². The molecule has 2 aromatic carbocycles. The van der Waals surface area contributed by atoms with Gasteiger partial charge in [-0.15, -0.1) is 0 Å². The summed E-state index contributed by atoms with van der Waals surface area (Å²) in [5.41, 5.74) is 3.08. The predicted octanol–water partition coefficient (Wildman–Crippen LogP) is 4.57. The van der Waals surface area contributed by atoms with Crippen molar-refractivity contribution < 1.29 is 24.2 Å². The first-order valence-corrected chi connectivity index (χ1v) is 12.3. The van der Waals surface area contributed by atoms with Crippen molar-refractivity contribution >= 4 is 46.4 Å². The number of carbonyl (C=O) groups excluding carboxylic acids is 2. The minimum Gasteiger partial charge on any atom is -0.481 e. The fourth-order valence-electron chi connectivity index (χ4n) is 4.77. The molecule has 2 aliphatic rings. The number of nitrogens with one attached hydrogen (secondary N) is 2. The van der Waals surface area contributed by atoms with Crippen molar-refractivity contribution in [3.05, 3.63) is 52.5 Å². The maximum absolute atomic E-state index is 13.4. The Morgan fingerprint density at radius 2 is 1.71 bits per heavy atom. The van der Waals surface area contributed by atoms with Crippen LogP contribution in [0.2, 0.25) is 5.02 Å². The third-order valence-corrected chi connectivity index (χ3v) is 6.96. The second kappa shape index (κ2) is 11.1. The number of anilines is 3. The van der Waals surface area contributed by atoms with Crippen LogP contribution in [-0.2, 0) is 14.3 Å². The summed E-state index contributed by atoms with van der Waals surface area (Å²) in [5, 5.41) is 15.9. The van der Waals surface area contributed by atoms with Crippen molar-refractivity contribution in [3.63, 3.8) is 0 Å². The normalized spacial score (nSPS) is 20.2. The van der Waals surface area contributed by atoms with Gasteiger partial charge in [-0.1, -0.05) is 30.5 Å². The van der Waals surface area contributed by atoms with E-state index >= 15 is 0 Å². The summed E-state index contributed by atoms with van der Waals surface area (Å²) >= 11 is 6.13. The average Bonchev–Trinajstić information content (AvgIpc) is 2.86. The highest BCUT2D eigenvalue weighted by molar-refractivity contribution is 6.31. The van der Waals surface area contributed by atoms with Crippen LogP contribution >= 0.6 is 11.6 Å². The Bertz CT molecular complexity index is 1120. The third kappa shape index (κ3) is 5.94. The van der Waals surface area contributed by atoms with Gasteiger partial charge in [-0.2, -0.15) is 0 Å². The lowest BCUT2D eigenvalue weighted by Gasteiger charge is -2.31. The number of carboxylic acids is 1. The van der Waals surface area contributed by atoms with E-state index in [0.29, 0.717) is 61.1 Å². The number of hydrogen-bond acceptors (Lipinski definition) is 5. The highest BCUT2D eigenvalue weighted by Gasteiger charge is 2.35. The van der Waals surface area contributed by atoms with Gasteiger partial charge in [0.05, 0.1) is 30.6 Å². The molecule has 1 saturated heterocycles. The van der Waals surface area contributed by atoms with Crippen molar-refractivity contribution in [2.24, 2.45) is 11.8 Å². The predicted molar refractivity (Wildman–Crippen MR) is 135 cm³/mol. The number of carbonyl (C=O) groups is 3. The molecule has 35 heavy (non-hydrogen) atoms. The number of ether oxygens (including phenoxy) is 1. The molecule has 8 nitrogen and oxygen atoms in total. The lowest BCUT2D eigenvalue weighted by Crippen LogP contribution is -2.37. The molecule has 1 heterocycles. The Morgan fingerprint density at radius 3 is 2.43 bits per heavy atom. The zero-order chi connectivity index (χ0) is 24.9. The Hall–Kier alpha value is -3.10. The summed E-state index contributed by atoms with van der Waals surface area (Å²) in [6.07, 6.45) is 2.67. The maximum atomic E-state index is 13.4. The van der Waals surface area contributed by atoms with Crippen LogP contribution in [0.3, 0.4) is 0 Å². The highest BCUT2D eigenvalue weighted by Crippen LogP contribution is 2.32. The number of nitrogens with zero attached hydrogens (tertiary/aromatic N) is 1. The molecule has 2 aromatic rings. The molecule has 3 N–H and O–H groups in total. The molecule has 186 valence electrons. The monoisotopic (exact) mass is 499 g/mol. The molecule has 0 radical (unpaired) electrons. The smallest absolute Gasteiger partial charge is 0.307 e. The van der Waals surface area contributed by atoms with E-state index in [9.17, 15) is 19.5 Å². The quantitative estimate of drug-likeness (QED) is 0.537. The molecule has 2 atom stereocenters. The second-order valence-electron chi connectivity index (χ2n) is 9.07. The molecule has 0 spiro atoms. The van der Waals surface area contributed by atoms with E-state index in [4.69, 9.17) is 16.3 Å². The number of aryl methyl sites for hydroxylation is 1. The highest BCUT2D eigenvalue weighted by atomic mass is 35.5. The summed E-state index contributed by atoms with van der Waals surface area (Å²) < 4.78 is 5.46. The molecule has 2 fully saturated rings. The molecule has 1 saturated carbocycles. The Labute approximate surface area is 209 Å². The topological polar surface area (TPSA) is 108 Å². The molecular weight excluding hydrogens is 470 g/mol. The minimum atomic E-state index is -0.940. The largest absolute Gasteiger partial charge is 0.481 e. The fraction of sp³-hybridized carbons (Fsp3) is 0.423. The number of aliphatic carboxylic acids is 1. The van der Waals surface area contributed by atoms with Crippen molar-refractivity contribution in [1.29, 1.82) is 0 Å². The van der Waals surface area contributed by atoms with E-state index in [1.54, 1.807) is 24.3 Å². The molecular formula is C26H30ClN3O5. The number of carboxylic acid groups (broad SMARTS) is 1. The number of hydrogen-bond donors (Lipinski definition) is 3. The number of benzene rings is 2. The van der Waals surface area contributed by atoms with Crippen molar-refractivity contribution in [2.75, 3.05) is 41.8 Å². The van der Waals surface area contributed by atoms with Gasteiger partial charge >= 0.3 is 5.97 Å². The van der Waals surface area contributed by atoms with E-state index in [1.807, 2.05) is 19.1 Å². The van der Waals surface area contributed by atoms with Gasteiger partial charge in [-0.25, -0.2) is 0 Å².